The van der Waals surface area contributed by atoms with Crippen molar-refractivity contribution in [2.75, 3.05) is 6.54 Å². The lowest BCUT2D eigenvalue weighted by molar-refractivity contribution is -0.142. The highest BCUT2D eigenvalue weighted by Gasteiger charge is 2.19. The fourth-order valence-corrected chi connectivity index (χ4v) is 1.83. The molecule has 7 nitrogen and oxygen atoms in total. The van der Waals surface area contributed by atoms with Crippen molar-refractivity contribution < 1.29 is 19.2 Å². The Morgan fingerprint density at radius 3 is 2.60 bits per heavy atom. The summed E-state index contributed by atoms with van der Waals surface area (Å²) >= 11 is 0. The third-order valence-electron chi connectivity index (χ3n) is 2.79. The van der Waals surface area contributed by atoms with Gasteiger partial charge in [-0.3, -0.25) is 9.59 Å². The molecule has 0 saturated heterocycles. The average molecular weight is 283 g/mol. The maximum absolute atomic E-state index is 11.6. The summed E-state index contributed by atoms with van der Waals surface area (Å²) in [5.74, 6) is -0.431. The van der Waals surface area contributed by atoms with E-state index in [1.807, 2.05) is 13.8 Å². The van der Waals surface area contributed by atoms with Crippen LogP contribution in [-0.4, -0.2) is 33.7 Å². The zero-order chi connectivity index (χ0) is 15.1. The van der Waals surface area contributed by atoms with E-state index in [0.717, 1.165) is 0 Å². The van der Waals surface area contributed by atoms with Gasteiger partial charge < -0.3 is 14.9 Å². The van der Waals surface area contributed by atoms with Gasteiger partial charge in [0.1, 0.15) is 0 Å². The summed E-state index contributed by atoms with van der Waals surface area (Å²) in [6.45, 7) is 5.76. The molecule has 1 rings (SSSR count). The summed E-state index contributed by atoms with van der Waals surface area (Å²) in [5.41, 5.74) is 0. The highest BCUT2D eigenvalue weighted by atomic mass is 16.5. The van der Waals surface area contributed by atoms with Gasteiger partial charge >= 0.3 is 5.97 Å². The molecule has 0 bridgehead atoms. The first-order valence-corrected chi connectivity index (χ1v) is 6.67. The van der Waals surface area contributed by atoms with Crippen molar-refractivity contribution in [3.05, 3.63) is 11.7 Å². The van der Waals surface area contributed by atoms with E-state index in [0.29, 0.717) is 24.6 Å². The summed E-state index contributed by atoms with van der Waals surface area (Å²) in [6.07, 6.45) is 1.10. The van der Waals surface area contributed by atoms with Gasteiger partial charge in [-0.25, -0.2) is 0 Å². The first-order chi connectivity index (χ1) is 9.38. The summed E-state index contributed by atoms with van der Waals surface area (Å²) < 4.78 is 4.90. The summed E-state index contributed by atoms with van der Waals surface area (Å²) in [7, 11) is 0. The molecule has 20 heavy (non-hydrogen) atoms. The first kappa shape index (κ1) is 16.1. The van der Waals surface area contributed by atoms with Crippen molar-refractivity contribution in [3.63, 3.8) is 0 Å². The zero-order valence-electron chi connectivity index (χ0n) is 12.0. The number of carbonyl (C=O) groups is 2. The number of hydrogen-bond donors (Lipinski definition) is 2. The number of aliphatic carboxylic acids is 1. The standard InChI is InChI=1S/C13H21N3O4/c1-8(2)6-10(13(18)19)7-14-11(17)4-5-12-15-9(3)16-20-12/h8,10H,4-7H2,1-3H3,(H,14,17)(H,18,19). The predicted molar refractivity (Wildman–Crippen MR) is 70.9 cm³/mol. The SMILES string of the molecule is Cc1noc(CCC(=O)NCC(CC(C)C)C(=O)O)n1. The Balaban J connectivity index is 2.32. The number of rotatable bonds is 8. The van der Waals surface area contributed by atoms with Crippen molar-refractivity contribution in [2.45, 2.75) is 40.0 Å². The second-order valence-electron chi connectivity index (χ2n) is 5.20. The van der Waals surface area contributed by atoms with Crippen LogP contribution < -0.4 is 5.32 Å². The lowest BCUT2D eigenvalue weighted by Gasteiger charge is -2.15. The Morgan fingerprint density at radius 2 is 2.10 bits per heavy atom. The molecular weight excluding hydrogens is 262 g/mol. The fraction of sp³-hybridized carbons (Fsp3) is 0.692. The molecule has 1 unspecified atom stereocenters. The van der Waals surface area contributed by atoms with Crippen LogP contribution in [0.15, 0.2) is 4.52 Å². The smallest absolute Gasteiger partial charge is 0.308 e. The molecular formula is C13H21N3O4. The van der Waals surface area contributed by atoms with Gasteiger partial charge in [0, 0.05) is 19.4 Å². The van der Waals surface area contributed by atoms with Crippen LogP contribution in [0.25, 0.3) is 0 Å². The van der Waals surface area contributed by atoms with Crippen molar-refractivity contribution >= 4 is 11.9 Å². The van der Waals surface area contributed by atoms with E-state index in [9.17, 15) is 9.59 Å². The van der Waals surface area contributed by atoms with E-state index in [2.05, 4.69) is 15.5 Å². The van der Waals surface area contributed by atoms with E-state index in [-0.39, 0.29) is 24.8 Å². The van der Waals surface area contributed by atoms with Gasteiger partial charge in [0.15, 0.2) is 5.82 Å². The number of hydrogen-bond acceptors (Lipinski definition) is 5. The molecule has 0 aliphatic carbocycles. The zero-order valence-corrected chi connectivity index (χ0v) is 12.0. The van der Waals surface area contributed by atoms with E-state index >= 15 is 0 Å². The largest absolute Gasteiger partial charge is 0.481 e. The first-order valence-electron chi connectivity index (χ1n) is 6.67. The number of aryl methyl sites for hydroxylation is 2. The summed E-state index contributed by atoms with van der Waals surface area (Å²) in [4.78, 5) is 26.7. The Bertz CT molecular complexity index is 456. The Kier molecular flexibility index (Phi) is 6.14. The van der Waals surface area contributed by atoms with Crippen LogP contribution in [0.3, 0.4) is 0 Å². The molecule has 1 aromatic heterocycles. The minimum Gasteiger partial charge on any atom is -0.481 e. The number of carboxylic acid groups (broad SMARTS) is 1. The average Bonchev–Trinajstić information content (AvgIpc) is 2.77. The fourth-order valence-electron chi connectivity index (χ4n) is 1.83. The van der Waals surface area contributed by atoms with Crippen LogP contribution in [0.5, 0.6) is 0 Å². The van der Waals surface area contributed by atoms with Crippen molar-refractivity contribution in [1.29, 1.82) is 0 Å². The molecule has 1 amide bonds. The van der Waals surface area contributed by atoms with Gasteiger partial charge in [-0.05, 0) is 19.3 Å². The molecule has 0 aromatic carbocycles. The van der Waals surface area contributed by atoms with E-state index < -0.39 is 11.9 Å². The van der Waals surface area contributed by atoms with Gasteiger partial charge in [-0.1, -0.05) is 19.0 Å². The molecule has 1 heterocycles. The lowest BCUT2D eigenvalue weighted by atomic mass is 9.97. The second kappa shape index (κ2) is 7.62. The molecule has 1 atom stereocenters. The molecule has 2 N–H and O–H groups in total. The van der Waals surface area contributed by atoms with E-state index in [4.69, 9.17) is 9.63 Å². The van der Waals surface area contributed by atoms with Crippen LogP contribution in [0, 0.1) is 18.8 Å². The molecule has 0 radical (unpaired) electrons. The van der Waals surface area contributed by atoms with Crippen LogP contribution >= 0.6 is 0 Å². The monoisotopic (exact) mass is 283 g/mol. The second-order valence-corrected chi connectivity index (χ2v) is 5.20. The molecule has 0 saturated carbocycles. The normalized spacial score (nSPS) is 12.4. The molecule has 0 aliphatic heterocycles. The van der Waals surface area contributed by atoms with Gasteiger partial charge in [0.25, 0.3) is 0 Å². The summed E-state index contributed by atoms with van der Waals surface area (Å²) in [6, 6.07) is 0. The van der Waals surface area contributed by atoms with E-state index in [1.165, 1.54) is 0 Å². The minimum atomic E-state index is -0.883. The van der Waals surface area contributed by atoms with E-state index in [1.54, 1.807) is 6.92 Å². The molecule has 7 heteroatoms. The Morgan fingerprint density at radius 1 is 1.40 bits per heavy atom. The summed E-state index contributed by atoms with van der Waals surface area (Å²) in [5, 5.41) is 15.3. The molecule has 0 spiro atoms. The quantitative estimate of drug-likeness (QED) is 0.742. The third kappa shape index (κ3) is 5.81. The lowest BCUT2D eigenvalue weighted by Crippen LogP contribution is -2.33. The number of nitrogens with zero attached hydrogens (tertiary/aromatic N) is 2. The van der Waals surface area contributed by atoms with Crippen LogP contribution in [0.1, 0.15) is 38.4 Å². The topological polar surface area (TPSA) is 105 Å². The Labute approximate surface area is 117 Å². The number of amides is 1. The highest BCUT2D eigenvalue weighted by molar-refractivity contribution is 5.77. The van der Waals surface area contributed by atoms with Gasteiger partial charge in [0.2, 0.25) is 11.8 Å². The van der Waals surface area contributed by atoms with Crippen molar-refractivity contribution in [2.24, 2.45) is 11.8 Å². The maximum Gasteiger partial charge on any atom is 0.308 e. The maximum atomic E-state index is 11.6. The molecule has 1 aromatic rings. The van der Waals surface area contributed by atoms with Gasteiger partial charge in [-0.2, -0.15) is 4.98 Å². The molecule has 0 aliphatic rings. The number of aromatic nitrogens is 2. The van der Waals surface area contributed by atoms with Crippen molar-refractivity contribution in [1.82, 2.24) is 15.5 Å². The Hall–Kier alpha value is -1.92. The van der Waals surface area contributed by atoms with Crippen LogP contribution in [-0.2, 0) is 16.0 Å². The highest BCUT2D eigenvalue weighted by Crippen LogP contribution is 2.11. The van der Waals surface area contributed by atoms with Crippen molar-refractivity contribution in [3.8, 4) is 0 Å². The van der Waals surface area contributed by atoms with Crippen LogP contribution in [0.4, 0.5) is 0 Å². The third-order valence-corrected chi connectivity index (χ3v) is 2.79. The minimum absolute atomic E-state index is 0.148. The van der Waals surface area contributed by atoms with Gasteiger partial charge in [0.05, 0.1) is 5.92 Å². The molecule has 112 valence electrons. The number of nitrogens with one attached hydrogen (secondary N) is 1. The number of carboxylic acids is 1. The van der Waals surface area contributed by atoms with Gasteiger partial charge in [-0.15, -0.1) is 0 Å². The van der Waals surface area contributed by atoms with Crippen LogP contribution in [0.2, 0.25) is 0 Å². The molecule has 0 fully saturated rings. The number of carbonyl (C=O) groups excluding carboxylic acids is 1. The predicted octanol–water partition coefficient (Wildman–Crippen LogP) is 1.17.